The van der Waals surface area contributed by atoms with Gasteiger partial charge < -0.3 is 15.7 Å². The lowest BCUT2D eigenvalue weighted by Crippen LogP contribution is -2.36. The Morgan fingerprint density at radius 1 is 1.38 bits per heavy atom. The zero-order valence-electron chi connectivity index (χ0n) is 12.5. The van der Waals surface area contributed by atoms with Gasteiger partial charge in [-0.2, -0.15) is 0 Å². The predicted octanol–water partition coefficient (Wildman–Crippen LogP) is 2.53. The zero-order chi connectivity index (χ0) is 15.7. The summed E-state index contributed by atoms with van der Waals surface area (Å²) < 4.78 is 0. The average Bonchev–Trinajstić information content (AvgIpc) is 2.86. The van der Waals surface area contributed by atoms with Gasteiger partial charge in [-0.15, -0.1) is 11.3 Å². The summed E-state index contributed by atoms with van der Waals surface area (Å²) in [7, 11) is 0. The number of aliphatic carboxylic acids is 1. The van der Waals surface area contributed by atoms with E-state index in [-0.39, 0.29) is 12.5 Å². The number of carbonyl (C=O) groups excluding carboxylic acids is 1. The summed E-state index contributed by atoms with van der Waals surface area (Å²) in [5.74, 6) is -0.426. The van der Waals surface area contributed by atoms with Gasteiger partial charge >= 0.3 is 12.0 Å². The van der Waals surface area contributed by atoms with Gasteiger partial charge in [0.25, 0.3) is 0 Å². The van der Waals surface area contributed by atoms with Crippen LogP contribution in [-0.4, -0.2) is 28.6 Å². The van der Waals surface area contributed by atoms with E-state index in [1.165, 1.54) is 0 Å². The molecule has 1 rings (SSSR count). The van der Waals surface area contributed by atoms with E-state index in [1.54, 1.807) is 17.5 Å². The van der Waals surface area contributed by atoms with E-state index in [0.29, 0.717) is 25.4 Å². The van der Waals surface area contributed by atoms with Gasteiger partial charge in [0.15, 0.2) is 0 Å². The van der Waals surface area contributed by atoms with Crippen molar-refractivity contribution in [3.05, 3.63) is 16.1 Å². The second-order valence-corrected chi connectivity index (χ2v) is 6.27. The fourth-order valence-corrected chi connectivity index (χ4v) is 2.72. The first-order chi connectivity index (χ1) is 10.0. The Bertz CT molecular complexity index is 462. The lowest BCUT2D eigenvalue weighted by atomic mass is 9.97. The fourth-order valence-electron chi connectivity index (χ4n) is 1.99. The molecule has 7 heteroatoms. The first-order valence-electron chi connectivity index (χ1n) is 7.16. The molecule has 1 atom stereocenters. The van der Waals surface area contributed by atoms with Gasteiger partial charge in [-0.25, -0.2) is 9.78 Å². The number of urea groups is 1. The second-order valence-electron chi connectivity index (χ2n) is 4.95. The van der Waals surface area contributed by atoms with Crippen LogP contribution in [0.1, 0.15) is 42.5 Å². The van der Waals surface area contributed by atoms with E-state index in [4.69, 9.17) is 5.11 Å². The summed E-state index contributed by atoms with van der Waals surface area (Å²) in [4.78, 5) is 27.3. The van der Waals surface area contributed by atoms with Crippen molar-refractivity contribution < 1.29 is 14.7 Å². The van der Waals surface area contributed by atoms with E-state index in [9.17, 15) is 9.59 Å². The minimum Gasteiger partial charge on any atom is -0.481 e. The van der Waals surface area contributed by atoms with Crippen LogP contribution in [0.3, 0.4) is 0 Å². The predicted molar refractivity (Wildman–Crippen MR) is 82.4 cm³/mol. The second kappa shape index (κ2) is 9.33. The molecule has 0 aromatic carbocycles. The highest BCUT2D eigenvalue weighted by molar-refractivity contribution is 7.11. The number of rotatable bonds is 9. The maximum absolute atomic E-state index is 11.6. The Balaban J connectivity index is 2.15. The molecule has 6 nitrogen and oxygen atoms in total. The summed E-state index contributed by atoms with van der Waals surface area (Å²) in [6.07, 6.45) is 4.34. The number of aromatic nitrogens is 1. The number of carboxylic acid groups (broad SMARTS) is 1. The van der Waals surface area contributed by atoms with Crippen LogP contribution in [0.15, 0.2) is 6.20 Å². The third-order valence-electron chi connectivity index (χ3n) is 3.27. The molecule has 1 aromatic heterocycles. The van der Waals surface area contributed by atoms with Crippen LogP contribution in [0.2, 0.25) is 0 Å². The van der Waals surface area contributed by atoms with Crippen molar-refractivity contribution >= 4 is 23.3 Å². The van der Waals surface area contributed by atoms with E-state index >= 15 is 0 Å². The lowest BCUT2D eigenvalue weighted by Gasteiger charge is -2.14. The Hall–Kier alpha value is -1.63. The summed E-state index contributed by atoms with van der Waals surface area (Å²) >= 11 is 1.56. The number of carboxylic acids is 1. The highest BCUT2D eigenvalue weighted by atomic mass is 32.1. The number of aryl methyl sites for hydroxylation is 1. The minimum absolute atomic E-state index is 0.190. The number of thiazole rings is 1. The van der Waals surface area contributed by atoms with E-state index < -0.39 is 5.97 Å². The van der Waals surface area contributed by atoms with Crippen LogP contribution in [0.4, 0.5) is 4.79 Å². The molecule has 1 aromatic rings. The van der Waals surface area contributed by atoms with Gasteiger partial charge in [-0.05, 0) is 25.7 Å². The highest BCUT2D eigenvalue weighted by Gasteiger charge is 2.09. The molecule has 1 heterocycles. The number of hydrogen-bond acceptors (Lipinski definition) is 4. The van der Waals surface area contributed by atoms with Gasteiger partial charge in [0.1, 0.15) is 0 Å². The topological polar surface area (TPSA) is 91.3 Å². The quantitative estimate of drug-likeness (QED) is 0.653. The molecule has 0 bridgehead atoms. The minimum atomic E-state index is -0.765. The summed E-state index contributed by atoms with van der Waals surface area (Å²) in [5, 5.41) is 15.2. The molecule has 2 amide bonds. The average molecular weight is 313 g/mol. The lowest BCUT2D eigenvalue weighted by molar-refractivity contribution is -0.137. The third kappa shape index (κ3) is 7.65. The van der Waals surface area contributed by atoms with E-state index in [1.807, 2.05) is 13.8 Å². The van der Waals surface area contributed by atoms with E-state index in [0.717, 1.165) is 22.7 Å². The number of hydrogen-bond donors (Lipinski definition) is 3. The fraction of sp³-hybridized carbons (Fsp3) is 0.643. The standard InChI is InChI=1S/C14H23N3O3S/c1-3-11(4-5-13(18)19)6-7-15-14(20)17-9-12-8-16-10(2)21-12/h8,11H,3-7,9H2,1-2H3,(H,18,19)(H2,15,17,20). The van der Waals surface area contributed by atoms with Gasteiger partial charge in [0.05, 0.1) is 11.6 Å². The highest BCUT2D eigenvalue weighted by Crippen LogP contribution is 2.14. The molecule has 0 aliphatic rings. The van der Waals surface area contributed by atoms with Crippen molar-refractivity contribution in [3.63, 3.8) is 0 Å². The van der Waals surface area contributed by atoms with E-state index in [2.05, 4.69) is 15.6 Å². The molecular weight excluding hydrogens is 290 g/mol. The molecule has 1 unspecified atom stereocenters. The Labute approximate surface area is 129 Å². The monoisotopic (exact) mass is 313 g/mol. The number of nitrogens with one attached hydrogen (secondary N) is 2. The number of amides is 2. The maximum atomic E-state index is 11.6. The molecular formula is C14H23N3O3S. The number of carbonyl (C=O) groups is 2. The molecule has 0 fully saturated rings. The molecule has 0 aliphatic carbocycles. The molecule has 0 spiro atoms. The first kappa shape index (κ1) is 17.4. The Morgan fingerprint density at radius 2 is 2.14 bits per heavy atom. The van der Waals surface area contributed by atoms with Gasteiger partial charge in [-0.1, -0.05) is 13.3 Å². The van der Waals surface area contributed by atoms with Gasteiger partial charge in [0.2, 0.25) is 0 Å². The van der Waals surface area contributed by atoms with Gasteiger partial charge in [-0.3, -0.25) is 4.79 Å². The van der Waals surface area contributed by atoms with Crippen LogP contribution in [0, 0.1) is 12.8 Å². The number of nitrogens with zero attached hydrogens (tertiary/aromatic N) is 1. The van der Waals surface area contributed by atoms with Crippen molar-refractivity contribution in [3.8, 4) is 0 Å². The molecule has 118 valence electrons. The molecule has 0 saturated carbocycles. The van der Waals surface area contributed by atoms with Gasteiger partial charge in [0, 0.05) is 24.0 Å². The molecule has 0 aliphatic heterocycles. The molecule has 21 heavy (non-hydrogen) atoms. The van der Waals surface area contributed by atoms with Crippen molar-refractivity contribution in [2.75, 3.05) is 6.54 Å². The summed E-state index contributed by atoms with van der Waals surface area (Å²) in [6, 6.07) is -0.200. The summed E-state index contributed by atoms with van der Waals surface area (Å²) in [5.41, 5.74) is 0. The zero-order valence-corrected chi connectivity index (χ0v) is 13.3. The molecule has 3 N–H and O–H groups in total. The van der Waals surface area contributed by atoms with Crippen molar-refractivity contribution in [1.82, 2.24) is 15.6 Å². The van der Waals surface area contributed by atoms with Crippen LogP contribution >= 0.6 is 11.3 Å². The Kier molecular flexibility index (Phi) is 7.74. The smallest absolute Gasteiger partial charge is 0.315 e. The first-order valence-corrected chi connectivity index (χ1v) is 7.97. The SMILES string of the molecule is CCC(CCNC(=O)NCc1cnc(C)s1)CCC(=O)O. The van der Waals surface area contributed by atoms with Crippen LogP contribution in [-0.2, 0) is 11.3 Å². The molecule has 0 saturated heterocycles. The maximum Gasteiger partial charge on any atom is 0.315 e. The normalized spacial score (nSPS) is 11.9. The van der Waals surface area contributed by atoms with Crippen LogP contribution < -0.4 is 10.6 Å². The third-order valence-corrected chi connectivity index (χ3v) is 4.19. The van der Waals surface area contributed by atoms with Crippen LogP contribution in [0.25, 0.3) is 0 Å². The van der Waals surface area contributed by atoms with Crippen molar-refractivity contribution in [2.24, 2.45) is 5.92 Å². The van der Waals surface area contributed by atoms with Crippen LogP contribution in [0.5, 0.6) is 0 Å². The largest absolute Gasteiger partial charge is 0.481 e. The molecule has 0 radical (unpaired) electrons. The van der Waals surface area contributed by atoms with Crippen molar-refractivity contribution in [1.29, 1.82) is 0 Å². The van der Waals surface area contributed by atoms with Crippen molar-refractivity contribution in [2.45, 2.75) is 46.1 Å². The summed E-state index contributed by atoms with van der Waals surface area (Å²) in [6.45, 7) is 5.01. The Morgan fingerprint density at radius 3 is 2.71 bits per heavy atom.